The largest absolute Gasteiger partial charge is 0.497 e. The number of thiazole rings is 1. The highest BCUT2D eigenvalue weighted by atomic mass is 127. The first-order valence-electron chi connectivity index (χ1n) is 8.98. The summed E-state index contributed by atoms with van der Waals surface area (Å²) in [5.41, 5.74) is 7.09. The van der Waals surface area contributed by atoms with Gasteiger partial charge in [-0.1, -0.05) is 0 Å². The molecule has 3 heterocycles. The van der Waals surface area contributed by atoms with Gasteiger partial charge in [0.2, 0.25) is 0 Å². The Hall–Kier alpha value is -2.41. The van der Waals surface area contributed by atoms with Crippen molar-refractivity contribution in [2.75, 3.05) is 38.2 Å². The molecule has 2 aromatic heterocycles. The predicted molar refractivity (Wildman–Crippen MR) is 125 cm³/mol. The Bertz CT molecular complexity index is 920. The molecule has 29 heavy (non-hydrogen) atoms. The van der Waals surface area contributed by atoms with Gasteiger partial charge >= 0.3 is 0 Å². The van der Waals surface area contributed by atoms with Crippen LogP contribution in [0.4, 0.5) is 5.13 Å². The van der Waals surface area contributed by atoms with Gasteiger partial charge in [-0.2, -0.15) is 5.10 Å². The summed E-state index contributed by atoms with van der Waals surface area (Å²) in [6.07, 6.45) is 1.83. The Morgan fingerprint density at radius 2 is 2.00 bits per heavy atom. The second-order valence-corrected chi connectivity index (χ2v) is 7.17. The number of aliphatic imine (C=N–C) groups is 1. The number of aromatic nitrogens is 4. The van der Waals surface area contributed by atoms with Gasteiger partial charge in [-0.15, -0.1) is 35.3 Å². The average molecular weight is 526 g/mol. The molecule has 0 bridgehead atoms. The third-order valence-corrected chi connectivity index (χ3v) is 5.40. The number of benzene rings is 1. The molecule has 3 aromatic rings. The Labute approximate surface area is 190 Å². The van der Waals surface area contributed by atoms with Crippen molar-refractivity contribution in [3.63, 3.8) is 0 Å². The number of halogens is 1. The lowest BCUT2D eigenvalue weighted by atomic mass is 10.2. The monoisotopic (exact) mass is 526 g/mol. The molecule has 1 saturated heterocycles. The minimum atomic E-state index is 0. The van der Waals surface area contributed by atoms with Crippen LogP contribution in [0.15, 0.2) is 40.8 Å². The van der Waals surface area contributed by atoms with Crippen molar-refractivity contribution in [3.05, 3.63) is 41.7 Å². The van der Waals surface area contributed by atoms with Crippen LogP contribution in [-0.4, -0.2) is 64.3 Å². The number of ether oxygens (including phenoxy) is 1. The van der Waals surface area contributed by atoms with Crippen LogP contribution in [0.2, 0.25) is 0 Å². The molecule has 1 aromatic carbocycles. The van der Waals surface area contributed by atoms with E-state index in [0.717, 1.165) is 42.6 Å². The summed E-state index contributed by atoms with van der Waals surface area (Å²) in [4.78, 5) is 17.7. The molecule has 1 fully saturated rings. The molecule has 11 heteroatoms. The first kappa shape index (κ1) is 21.3. The maximum Gasteiger partial charge on any atom is 0.191 e. The van der Waals surface area contributed by atoms with E-state index in [1.165, 1.54) is 0 Å². The SMILES string of the molecule is COc1ccc(-c2n[nH]c(CN=C(N)N3CCN(c4nccs4)CC3)n2)cc1.I. The summed E-state index contributed by atoms with van der Waals surface area (Å²) in [6.45, 7) is 3.77. The number of aromatic amines is 1. The number of guanidine groups is 1. The maximum absolute atomic E-state index is 6.18. The van der Waals surface area contributed by atoms with Crippen LogP contribution in [0.1, 0.15) is 5.82 Å². The molecular formula is C18H23IN8OS. The second-order valence-electron chi connectivity index (χ2n) is 6.30. The summed E-state index contributed by atoms with van der Waals surface area (Å²) in [6, 6.07) is 7.61. The fraction of sp³-hybridized carbons (Fsp3) is 0.333. The highest BCUT2D eigenvalue weighted by molar-refractivity contribution is 14.0. The normalized spacial score (nSPS) is 14.6. The van der Waals surface area contributed by atoms with E-state index in [-0.39, 0.29) is 24.0 Å². The number of hydrogen-bond acceptors (Lipinski definition) is 7. The van der Waals surface area contributed by atoms with Gasteiger partial charge in [0, 0.05) is 43.3 Å². The zero-order valence-corrected chi connectivity index (χ0v) is 19.1. The van der Waals surface area contributed by atoms with Gasteiger partial charge in [-0.3, -0.25) is 5.10 Å². The fourth-order valence-corrected chi connectivity index (χ4v) is 3.69. The Morgan fingerprint density at radius 1 is 1.24 bits per heavy atom. The lowest BCUT2D eigenvalue weighted by molar-refractivity contribution is 0.380. The fourth-order valence-electron chi connectivity index (χ4n) is 2.99. The van der Waals surface area contributed by atoms with Gasteiger partial charge in [-0.25, -0.2) is 15.0 Å². The average Bonchev–Trinajstić information content (AvgIpc) is 3.44. The highest BCUT2D eigenvalue weighted by Gasteiger charge is 2.19. The van der Waals surface area contributed by atoms with E-state index in [9.17, 15) is 0 Å². The van der Waals surface area contributed by atoms with Crippen LogP contribution < -0.4 is 15.4 Å². The van der Waals surface area contributed by atoms with Crippen LogP contribution in [-0.2, 0) is 6.54 Å². The number of methoxy groups -OCH3 is 1. The van der Waals surface area contributed by atoms with E-state index in [0.29, 0.717) is 24.2 Å². The van der Waals surface area contributed by atoms with Gasteiger partial charge in [0.15, 0.2) is 16.9 Å². The molecule has 0 aliphatic carbocycles. The molecule has 0 amide bonds. The van der Waals surface area contributed by atoms with Gasteiger partial charge in [-0.05, 0) is 24.3 Å². The minimum absolute atomic E-state index is 0. The maximum atomic E-state index is 6.18. The second kappa shape index (κ2) is 9.87. The van der Waals surface area contributed by atoms with Crippen molar-refractivity contribution in [3.8, 4) is 17.1 Å². The standard InChI is InChI=1S/C18H22N8OS.HI/c1-27-14-4-2-13(3-5-14)16-22-15(23-24-16)12-21-17(19)25-7-9-26(10-8-25)18-20-6-11-28-18;/h2-6,11H,7-10,12H2,1H3,(H2,19,21)(H,22,23,24);1H. The van der Waals surface area contributed by atoms with Crippen LogP contribution in [0, 0.1) is 0 Å². The van der Waals surface area contributed by atoms with Gasteiger partial charge in [0.25, 0.3) is 0 Å². The van der Waals surface area contributed by atoms with Gasteiger partial charge in [0.05, 0.1) is 7.11 Å². The summed E-state index contributed by atoms with van der Waals surface area (Å²) < 4.78 is 5.17. The first-order chi connectivity index (χ1) is 13.7. The van der Waals surface area contributed by atoms with Crippen molar-refractivity contribution < 1.29 is 4.74 Å². The lowest BCUT2D eigenvalue weighted by Crippen LogP contribution is -2.51. The third-order valence-electron chi connectivity index (χ3n) is 4.56. The van der Waals surface area contributed by atoms with Gasteiger partial charge in [0.1, 0.15) is 18.1 Å². The molecule has 9 nitrogen and oxygen atoms in total. The number of piperazine rings is 1. The molecule has 4 rings (SSSR count). The molecule has 0 radical (unpaired) electrons. The Kier molecular flexibility index (Phi) is 7.25. The van der Waals surface area contributed by atoms with E-state index in [1.54, 1.807) is 18.4 Å². The number of anilines is 1. The smallest absolute Gasteiger partial charge is 0.191 e. The molecule has 154 valence electrons. The highest BCUT2D eigenvalue weighted by Crippen LogP contribution is 2.20. The molecule has 0 atom stereocenters. The summed E-state index contributed by atoms with van der Waals surface area (Å²) in [5, 5.41) is 10.2. The van der Waals surface area contributed by atoms with Crippen molar-refractivity contribution >= 4 is 46.4 Å². The molecule has 0 saturated carbocycles. The van der Waals surface area contributed by atoms with Crippen molar-refractivity contribution in [1.82, 2.24) is 25.1 Å². The van der Waals surface area contributed by atoms with E-state index in [1.807, 2.05) is 35.8 Å². The molecule has 0 spiro atoms. The summed E-state index contributed by atoms with van der Waals surface area (Å²) in [5.74, 6) is 2.63. The predicted octanol–water partition coefficient (Wildman–Crippen LogP) is 2.19. The number of nitrogens with two attached hydrogens (primary N) is 1. The zero-order chi connectivity index (χ0) is 19.3. The van der Waals surface area contributed by atoms with Crippen LogP contribution in [0.25, 0.3) is 11.4 Å². The van der Waals surface area contributed by atoms with E-state index in [2.05, 4.69) is 35.0 Å². The summed E-state index contributed by atoms with van der Waals surface area (Å²) >= 11 is 1.66. The Balaban J connectivity index is 0.00000240. The Morgan fingerprint density at radius 3 is 2.66 bits per heavy atom. The van der Waals surface area contributed by atoms with Crippen LogP contribution in [0.3, 0.4) is 0 Å². The molecule has 3 N–H and O–H groups in total. The van der Waals surface area contributed by atoms with Crippen LogP contribution >= 0.6 is 35.3 Å². The van der Waals surface area contributed by atoms with E-state index in [4.69, 9.17) is 10.5 Å². The molecule has 1 aliphatic heterocycles. The van der Waals surface area contributed by atoms with Gasteiger partial charge < -0.3 is 20.3 Å². The molecular weight excluding hydrogens is 503 g/mol. The summed E-state index contributed by atoms with van der Waals surface area (Å²) in [7, 11) is 1.64. The number of nitrogens with one attached hydrogen (secondary N) is 1. The minimum Gasteiger partial charge on any atom is -0.497 e. The quantitative estimate of drug-likeness (QED) is 0.298. The van der Waals surface area contributed by atoms with Crippen molar-refractivity contribution in [2.45, 2.75) is 6.54 Å². The van der Waals surface area contributed by atoms with Crippen LogP contribution in [0.5, 0.6) is 5.75 Å². The topological polar surface area (TPSA) is 109 Å². The number of nitrogens with zero attached hydrogens (tertiary/aromatic N) is 6. The van der Waals surface area contributed by atoms with Crippen molar-refractivity contribution in [1.29, 1.82) is 0 Å². The van der Waals surface area contributed by atoms with E-state index < -0.39 is 0 Å². The molecule has 0 unspecified atom stereocenters. The van der Waals surface area contributed by atoms with E-state index >= 15 is 0 Å². The lowest BCUT2D eigenvalue weighted by Gasteiger charge is -2.35. The van der Waals surface area contributed by atoms with Crippen molar-refractivity contribution in [2.24, 2.45) is 10.7 Å². The number of H-pyrrole nitrogens is 1. The number of rotatable bonds is 5. The first-order valence-corrected chi connectivity index (χ1v) is 9.86. The number of hydrogen-bond donors (Lipinski definition) is 2. The zero-order valence-electron chi connectivity index (χ0n) is 16.0. The third kappa shape index (κ3) is 5.15. The molecule has 1 aliphatic rings.